The Morgan fingerprint density at radius 3 is 2.74 bits per heavy atom. The van der Waals surface area contributed by atoms with Crippen molar-refractivity contribution in [3.05, 3.63) is 61.4 Å². The molecule has 0 saturated carbocycles. The van der Waals surface area contributed by atoms with E-state index < -0.39 is 11.8 Å². The van der Waals surface area contributed by atoms with Crippen molar-refractivity contribution in [2.24, 2.45) is 0 Å². The Kier molecular flexibility index (Phi) is 7.64. The summed E-state index contributed by atoms with van der Waals surface area (Å²) in [7, 11) is 1.54. The second kappa shape index (κ2) is 10.0. The van der Waals surface area contributed by atoms with Crippen LogP contribution in [0.2, 0.25) is 5.02 Å². The van der Waals surface area contributed by atoms with Gasteiger partial charge in [0, 0.05) is 0 Å². The van der Waals surface area contributed by atoms with Gasteiger partial charge in [-0.25, -0.2) is 0 Å². The topological polar surface area (TPSA) is 67.9 Å². The summed E-state index contributed by atoms with van der Waals surface area (Å²) in [6.45, 7) is 4.23. The number of thiocarbonyl (C=S) groups is 1. The Morgan fingerprint density at radius 2 is 2.10 bits per heavy atom. The number of thioether (sulfide) groups is 1. The number of rotatable bonds is 6. The second-order valence-corrected chi connectivity index (χ2v) is 9.35. The number of carbonyl (C=O) groups is 2. The van der Waals surface area contributed by atoms with Gasteiger partial charge < -0.3 is 9.47 Å². The van der Waals surface area contributed by atoms with E-state index in [-0.39, 0.29) is 9.88 Å². The molecule has 0 bridgehead atoms. The van der Waals surface area contributed by atoms with Crippen LogP contribution in [0.15, 0.2) is 39.7 Å². The molecular formula is C21H18BrClN2O4S2. The first kappa shape index (κ1) is 23.6. The zero-order chi connectivity index (χ0) is 22.7. The first-order valence-electron chi connectivity index (χ1n) is 9.10. The van der Waals surface area contributed by atoms with Crippen LogP contribution in [0.1, 0.15) is 28.4 Å². The highest BCUT2D eigenvalue weighted by atomic mass is 79.9. The predicted molar refractivity (Wildman–Crippen MR) is 131 cm³/mol. The van der Waals surface area contributed by atoms with Crippen molar-refractivity contribution in [3.8, 4) is 11.5 Å². The van der Waals surface area contributed by atoms with Gasteiger partial charge in [-0.2, -0.15) is 5.01 Å². The number of aryl methyl sites for hydroxylation is 1. The van der Waals surface area contributed by atoms with Crippen molar-refractivity contribution < 1.29 is 19.1 Å². The molecule has 0 atom stereocenters. The van der Waals surface area contributed by atoms with Gasteiger partial charge in [-0.3, -0.25) is 15.0 Å². The maximum absolute atomic E-state index is 12.9. The van der Waals surface area contributed by atoms with Gasteiger partial charge >= 0.3 is 0 Å². The SMILES string of the molecule is CCOc1c(Br)cc(/C=C2/SC(=S)N(NC(=O)c3ccc(C)cc3Cl)C2=O)cc1OC. The number of ether oxygens (including phenoxy) is 2. The molecule has 1 saturated heterocycles. The van der Waals surface area contributed by atoms with Crippen molar-refractivity contribution in [3.63, 3.8) is 0 Å². The molecule has 0 spiro atoms. The summed E-state index contributed by atoms with van der Waals surface area (Å²) >= 11 is 16.0. The van der Waals surface area contributed by atoms with Crippen molar-refractivity contribution in [2.45, 2.75) is 13.8 Å². The summed E-state index contributed by atoms with van der Waals surface area (Å²) in [5.41, 5.74) is 4.42. The summed E-state index contributed by atoms with van der Waals surface area (Å²) in [4.78, 5) is 25.8. The maximum atomic E-state index is 12.9. The van der Waals surface area contributed by atoms with E-state index in [0.29, 0.717) is 38.1 Å². The number of hydrogen-bond acceptors (Lipinski definition) is 6. The first-order chi connectivity index (χ1) is 14.7. The van der Waals surface area contributed by atoms with Gasteiger partial charge in [0.05, 0.1) is 33.7 Å². The predicted octanol–water partition coefficient (Wildman–Crippen LogP) is 5.36. The number of nitrogens with one attached hydrogen (secondary N) is 1. The Balaban J connectivity index is 1.83. The molecular weight excluding hydrogens is 524 g/mol. The standard InChI is InChI=1S/C21H18BrClN2O4S2/c1-4-29-18-14(22)8-12(9-16(18)28-3)10-17-20(27)25(21(30)31-17)24-19(26)13-6-5-11(2)7-15(13)23/h5-10H,4H2,1-3H3,(H,24,26)/b17-10+. The number of halogens is 2. The molecule has 2 aromatic rings. The molecule has 0 radical (unpaired) electrons. The highest BCUT2D eigenvalue weighted by Gasteiger charge is 2.34. The van der Waals surface area contributed by atoms with Gasteiger partial charge in [-0.1, -0.05) is 29.4 Å². The van der Waals surface area contributed by atoms with E-state index in [1.807, 2.05) is 19.9 Å². The lowest BCUT2D eigenvalue weighted by molar-refractivity contribution is -0.123. The van der Waals surface area contributed by atoms with E-state index in [9.17, 15) is 9.59 Å². The average Bonchev–Trinajstić information content (AvgIpc) is 2.97. The molecule has 162 valence electrons. The quantitative estimate of drug-likeness (QED) is 0.392. The van der Waals surface area contributed by atoms with Crippen LogP contribution < -0.4 is 14.9 Å². The summed E-state index contributed by atoms with van der Waals surface area (Å²) in [6.07, 6.45) is 1.67. The fourth-order valence-electron chi connectivity index (χ4n) is 2.79. The molecule has 2 amide bonds. The van der Waals surface area contributed by atoms with Gasteiger partial charge in [0.25, 0.3) is 11.8 Å². The van der Waals surface area contributed by atoms with Crippen LogP contribution >= 0.6 is 51.5 Å². The lowest BCUT2D eigenvalue weighted by Crippen LogP contribution is -2.44. The first-order valence-corrected chi connectivity index (χ1v) is 11.5. The third-order valence-electron chi connectivity index (χ3n) is 4.21. The minimum atomic E-state index is -0.520. The van der Waals surface area contributed by atoms with Crippen LogP contribution in [0.4, 0.5) is 0 Å². The van der Waals surface area contributed by atoms with Crippen LogP contribution in [0.5, 0.6) is 11.5 Å². The molecule has 0 aromatic heterocycles. The number of hydrazine groups is 1. The minimum Gasteiger partial charge on any atom is -0.493 e. The van der Waals surface area contributed by atoms with Crippen molar-refractivity contribution in [2.75, 3.05) is 13.7 Å². The molecule has 1 N–H and O–H groups in total. The number of methoxy groups -OCH3 is 1. The van der Waals surface area contributed by atoms with Gasteiger partial charge in [0.15, 0.2) is 15.8 Å². The van der Waals surface area contributed by atoms with Crippen molar-refractivity contribution >= 4 is 73.7 Å². The molecule has 31 heavy (non-hydrogen) atoms. The third kappa shape index (κ3) is 5.23. The normalized spacial score (nSPS) is 14.9. The van der Waals surface area contributed by atoms with Crippen LogP contribution in [-0.2, 0) is 4.79 Å². The van der Waals surface area contributed by atoms with Gasteiger partial charge in [0.2, 0.25) is 0 Å². The average molecular weight is 542 g/mol. The highest BCUT2D eigenvalue weighted by Crippen LogP contribution is 2.39. The molecule has 1 fully saturated rings. The fraction of sp³-hybridized carbons (Fsp3) is 0.190. The zero-order valence-corrected chi connectivity index (χ0v) is 20.8. The van der Waals surface area contributed by atoms with E-state index in [1.165, 1.54) is 0 Å². The molecule has 10 heteroatoms. The lowest BCUT2D eigenvalue weighted by atomic mass is 10.1. The Bertz CT molecular complexity index is 1110. The van der Waals surface area contributed by atoms with E-state index in [1.54, 1.807) is 37.5 Å². The van der Waals surface area contributed by atoms with Crippen LogP contribution in [0.3, 0.4) is 0 Å². The van der Waals surface area contributed by atoms with Crippen LogP contribution in [-0.4, -0.2) is 34.9 Å². The minimum absolute atomic E-state index is 0.213. The number of nitrogens with zero attached hydrogens (tertiary/aromatic N) is 1. The van der Waals surface area contributed by atoms with E-state index in [0.717, 1.165) is 22.3 Å². The molecule has 6 nitrogen and oxygen atoms in total. The van der Waals surface area contributed by atoms with Crippen molar-refractivity contribution in [1.82, 2.24) is 10.4 Å². The monoisotopic (exact) mass is 540 g/mol. The molecule has 3 rings (SSSR count). The fourth-order valence-corrected chi connectivity index (χ4v) is 4.86. The Hall–Kier alpha value is -2.07. The lowest BCUT2D eigenvalue weighted by Gasteiger charge is -2.16. The van der Waals surface area contributed by atoms with Crippen molar-refractivity contribution in [1.29, 1.82) is 0 Å². The van der Waals surface area contributed by atoms with E-state index in [2.05, 4.69) is 21.4 Å². The molecule has 0 unspecified atom stereocenters. The Morgan fingerprint density at radius 1 is 1.35 bits per heavy atom. The summed E-state index contributed by atoms with van der Waals surface area (Å²) < 4.78 is 11.9. The van der Waals surface area contributed by atoms with E-state index >= 15 is 0 Å². The number of amides is 2. The van der Waals surface area contributed by atoms with Gasteiger partial charge in [-0.15, -0.1) is 0 Å². The zero-order valence-electron chi connectivity index (χ0n) is 16.8. The molecule has 1 aliphatic rings. The number of carbonyl (C=O) groups excluding carboxylic acids is 2. The largest absolute Gasteiger partial charge is 0.493 e. The summed E-state index contributed by atoms with van der Waals surface area (Å²) in [5.74, 6) is 0.154. The summed E-state index contributed by atoms with van der Waals surface area (Å²) in [5, 5.41) is 1.34. The molecule has 0 aliphatic carbocycles. The Labute approximate surface area is 203 Å². The summed E-state index contributed by atoms with van der Waals surface area (Å²) in [6, 6.07) is 8.61. The molecule has 2 aromatic carbocycles. The maximum Gasteiger partial charge on any atom is 0.285 e. The highest BCUT2D eigenvalue weighted by molar-refractivity contribution is 9.10. The number of benzene rings is 2. The molecule has 1 heterocycles. The van der Waals surface area contributed by atoms with Crippen LogP contribution in [0, 0.1) is 6.92 Å². The van der Waals surface area contributed by atoms with E-state index in [4.69, 9.17) is 33.3 Å². The van der Waals surface area contributed by atoms with Gasteiger partial charge in [-0.05, 0) is 83.5 Å². The van der Waals surface area contributed by atoms with Crippen LogP contribution in [0.25, 0.3) is 6.08 Å². The smallest absolute Gasteiger partial charge is 0.285 e. The second-order valence-electron chi connectivity index (χ2n) is 6.41. The number of hydrogen-bond donors (Lipinski definition) is 1. The van der Waals surface area contributed by atoms with Gasteiger partial charge in [0.1, 0.15) is 0 Å². The third-order valence-corrected chi connectivity index (χ3v) is 6.42. The molecule has 1 aliphatic heterocycles.